The molecule has 1 aliphatic rings. The third-order valence-corrected chi connectivity index (χ3v) is 5.01. The summed E-state index contributed by atoms with van der Waals surface area (Å²) in [6.45, 7) is 1.41. The fraction of sp³-hybridized carbons (Fsp3) is 0.333. The van der Waals surface area contributed by atoms with E-state index in [2.05, 4.69) is 10.6 Å². The molecule has 1 saturated heterocycles. The third-order valence-electron chi connectivity index (χ3n) is 4.79. The average molecular weight is 400 g/mol. The normalized spacial score (nSPS) is 14.3. The van der Waals surface area contributed by atoms with Gasteiger partial charge in [-0.2, -0.15) is 0 Å². The van der Waals surface area contributed by atoms with Crippen molar-refractivity contribution in [3.05, 3.63) is 54.1 Å². The zero-order valence-corrected chi connectivity index (χ0v) is 16.9. The molecular weight excluding hydrogens is 374 g/mol. The lowest BCUT2D eigenvalue weighted by atomic mass is 10.0. The van der Waals surface area contributed by atoms with E-state index in [0.717, 1.165) is 29.8 Å². The molecule has 2 N–H and O–H groups in total. The van der Waals surface area contributed by atoms with Crippen molar-refractivity contribution in [1.82, 2.24) is 10.2 Å². The van der Waals surface area contributed by atoms with Gasteiger partial charge in [0.15, 0.2) is 5.11 Å². The van der Waals surface area contributed by atoms with Crippen LogP contribution in [-0.4, -0.2) is 49.3 Å². The molecule has 0 atom stereocenters. The van der Waals surface area contributed by atoms with E-state index >= 15 is 0 Å². The Balaban J connectivity index is 1.52. The van der Waals surface area contributed by atoms with Crippen molar-refractivity contribution < 1.29 is 14.3 Å². The number of methoxy groups -OCH3 is 2. The predicted molar refractivity (Wildman–Crippen MR) is 114 cm³/mol. The Morgan fingerprint density at radius 2 is 1.79 bits per heavy atom. The first kappa shape index (κ1) is 19.9. The molecule has 6 nitrogen and oxygen atoms in total. The molecule has 0 radical (unpaired) electrons. The molecule has 1 fully saturated rings. The number of amides is 1. The van der Waals surface area contributed by atoms with E-state index in [0.29, 0.717) is 24.0 Å². The summed E-state index contributed by atoms with van der Waals surface area (Å²) >= 11 is 5.46. The van der Waals surface area contributed by atoms with Crippen molar-refractivity contribution >= 4 is 28.9 Å². The zero-order chi connectivity index (χ0) is 19.9. The molecule has 148 valence electrons. The number of benzene rings is 2. The molecule has 0 spiro atoms. The molecule has 0 bridgehead atoms. The first-order chi connectivity index (χ1) is 13.6. The molecule has 0 unspecified atom stereocenters. The number of hydrogen-bond acceptors (Lipinski definition) is 4. The predicted octanol–water partition coefficient (Wildman–Crippen LogP) is 3.30. The number of hydrogen-bond donors (Lipinski definition) is 2. The lowest BCUT2D eigenvalue weighted by Crippen LogP contribution is -2.47. The average Bonchev–Trinajstić information content (AvgIpc) is 2.74. The van der Waals surface area contributed by atoms with Crippen LogP contribution in [0, 0.1) is 0 Å². The Morgan fingerprint density at radius 1 is 1.07 bits per heavy atom. The maximum atomic E-state index is 12.5. The molecule has 0 saturated carbocycles. The number of carbonyl (C=O) groups excluding carboxylic acids is 1. The summed E-state index contributed by atoms with van der Waals surface area (Å²) in [4.78, 5) is 14.4. The van der Waals surface area contributed by atoms with Crippen LogP contribution >= 0.6 is 12.2 Å². The quantitative estimate of drug-likeness (QED) is 0.753. The highest BCUT2D eigenvalue weighted by Crippen LogP contribution is 2.28. The van der Waals surface area contributed by atoms with Crippen LogP contribution < -0.4 is 20.1 Å². The van der Waals surface area contributed by atoms with Crippen molar-refractivity contribution in [2.75, 3.05) is 32.6 Å². The number of nitrogens with zero attached hydrogens (tertiary/aromatic N) is 1. The lowest BCUT2D eigenvalue weighted by Gasteiger charge is -2.33. The number of piperidine rings is 1. The Bertz CT molecular complexity index is 821. The summed E-state index contributed by atoms with van der Waals surface area (Å²) in [6, 6.07) is 15.1. The number of anilines is 1. The SMILES string of the molecule is COc1ccc(OC)c(NC(=S)NC2CCN(C(=O)c3ccccc3)CC2)c1. The second-order valence-corrected chi connectivity index (χ2v) is 7.01. The van der Waals surface area contributed by atoms with Crippen LogP contribution in [-0.2, 0) is 0 Å². The van der Waals surface area contributed by atoms with E-state index in [1.54, 1.807) is 14.2 Å². The van der Waals surface area contributed by atoms with E-state index in [4.69, 9.17) is 21.7 Å². The molecule has 2 aromatic carbocycles. The molecule has 1 aliphatic heterocycles. The molecular formula is C21H25N3O3S. The lowest BCUT2D eigenvalue weighted by molar-refractivity contribution is 0.0710. The second kappa shape index (κ2) is 9.41. The summed E-state index contributed by atoms with van der Waals surface area (Å²) in [7, 11) is 3.23. The van der Waals surface area contributed by atoms with Gasteiger partial charge in [0.05, 0.1) is 19.9 Å². The van der Waals surface area contributed by atoms with Gasteiger partial charge >= 0.3 is 0 Å². The molecule has 1 amide bonds. The Morgan fingerprint density at radius 3 is 2.43 bits per heavy atom. The maximum absolute atomic E-state index is 12.5. The van der Waals surface area contributed by atoms with Crippen molar-refractivity contribution in [1.29, 1.82) is 0 Å². The largest absolute Gasteiger partial charge is 0.497 e. The molecule has 2 aromatic rings. The smallest absolute Gasteiger partial charge is 0.253 e. The van der Waals surface area contributed by atoms with E-state index in [1.807, 2.05) is 53.4 Å². The summed E-state index contributed by atoms with van der Waals surface area (Å²) in [5.41, 5.74) is 1.48. The molecule has 7 heteroatoms. The van der Waals surface area contributed by atoms with Crippen LogP contribution in [0.25, 0.3) is 0 Å². The number of nitrogens with one attached hydrogen (secondary N) is 2. The molecule has 1 heterocycles. The van der Waals surface area contributed by atoms with Crippen molar-refractivity contribution in [3.63, 3.8) is 0 Å². The zero-order valence-electron chi connectivity index (χ0n) is 16.1. The topological polar surface area (TPSA) is 62.8 Å². The molecule has 0 aliphatic carbocycles. The number of thiocarbonyl (C=S) groups is 1. The summed E-state index contributed by atoms with van der Waals surface area (Å²) in [5.74, 6) is 1.49. The van der Waals surface area contributed by atoms with E-state index in [9.17, 15) is 4.79 Å². The van der Waals surface area contributed by atoms with Gasteiger partial charge in [0.1, 0.15) is 11.5 Å². The van der Waals surface area contributed by atoms with Gasteiger partial charge in [-0.05, 0) is 49.3 Å². The van der Waals surface area contributed by atoms with Crippen LogP contribution in [0.5, 0.6) is 11.5 Å². The third kappa shape index (κ3) is 4.92. The first-order valence-corrected chi connectivity index (χ1v) is 9.65. The molecule has 28 heavy (non-hydrogen) atoms. The van der Waals surface area contributed by atoms with E-state index in [-0.39, 0.29) is 11.9 Å². The molecule has 3 rings (SSSR count). The fourth-order valence-electron chi connectivity index (χ4n) is 3.25. The van der Waals surface area contributed by atoms with Gasteiger partial charge in [-0.3, -0.25) is 4.79 Å². The van der Waals surface area contributed by atoms with Crippen LogP contribution in [0.3, 0.4) is 0 Å². The van der Waals surface area contributed by atoms with E-state index < -0.39 is 0 Å². The van der Waals surface area contributed by atoms with Gasteiger partial charge in [-0.25, -0.2) is 0 Å². The monoisotopic (exact) mass is 399 g/mol. The van der Waals surface area contributed by atoms with Gasteiger partial charge in [-0.15, -0.1) is 0 Å². The van der Waals surface area contributed by atoms with Crippen LogP contribution in [0.2, 0.25) is 0 Å². The Hall–Kier alpha value is -2.80. The minimum Gasteiger partial charge on any atom is -0.497 e. The van der Waals surface area contributed by atoms with Crippen LogP contribution in [0.1, 0.15) is 23.2 Å². The van der Waals surface area contributed by atoms with Gasteiger partial charge in [0, 0.05) is 30.8 Å². The van der Waals surface area contributed by atoms with Crippen molar-refractivity contribution in [2.24, 2.45) is 0 Å². The summed E-state index contributed by atoms with van der Waals surface area (Å²) in [5, 5.41) is 7.05. The highest BCUT2D eigenvalue weighted by molar-refractivity contribution is 7.80. The highest BCUT2D eigenvalue weighted by atomic mass is 32.1. The summed E-state index contributed by atoms with van der Waals surface area (Å²) in [6.07, 6.45) is 1.69. The van der Waals surface area contributed by atoms with Gasteiger partial charge in [0.25, 0.3) is 5.91 Å². The van der Waals surface area contributed by atoms with Crippen molar-refractivity contribution in [3.8, 4) is 11.5 Å². The van der Waals surface area contributed by atoms with E-state index in [1.165, 1.54) is 0 Å². The maximum Gasteiger partial charge on any atom is 0.253 e. The van der Waals surface area contributed by atoms with Gasteiger partial charge in [-0.1, -0.05) is 18.2 Å². The minimum absolute atomic E-state index is 0.0841. The standard InChI is InChI=1S/C21H25N3O3S/c1-26-17-8-9-19(27-2)18(14-17)23-21(28)22-16-10-12-24(13-11-16)20(25)15-6-4-3-5-7-15/h3-9,14,16H,10-13H2,1-2H3,(H2,22,23,28). The summed E-state index contributed by atoms with van der Waals surface area (Å²) < 4.78 is 10.6. The van der Waals surface area contributed by atoms with Crippen LogP contribution in [0.4, 0.5) is 5.69 Å². The Labute approximate surface area is 170 Å². The van der Waals surface area contributed by atoms with Gasteiger partial charge in [0.2, 0.25) is 0 Å². The highest BCUT2D eigenvalue weighted by Gasteiger charge is 2.24. The second-order valence-electron chi connectivity index (χ2n) is 6.60. The van der Waals surface area contributed by atoms with Gasteiger partial charge < -0.3 is 25.0 Å². The fourth-order valence-corrected chi connectivity index (χ4v) is 3.52. The first-order valence-electron chi connectivity index (χ1n) is 9.24. The van der Waals surface area contributed by atoms with Crippen molar-refractivity contribution in [2.45, 2.75) is 18.9 Å². The number of rotatable bonds is 5. The number of carbonyl (C=O) groups is 1. The molecule has 0 aromatic heterocycles. The number of ether oxygens (including phenoxy) is 2. The minimum atomic E-state index is 0.0841. The van der Waals surface area contributed by atoms with Crippen LogP contribution in [0.15, 0.2) is 48.5 Å². The Kier molecular flexibility index (Phi) is 6.71. The number of likely N-dealkylation sites (tertiary alicyclic amines) is 1.